The average molecular weight is 625 g/mol. The zero-order valence-corrected chi connectivity index (χ0v) is 25.8. The lowest BCUT2D eigenvalue weighted by molar-refractivity contribution is -0.140. The lowest BCUT2D eigenvalue weighted by Crippen LogP contribution is -2.53. The molecule has 0 bridgehead atoms. The molecule has 0 radical (unpaired) electrons. The molecule has 0 heterocycles. The molecule has 3 aromatic rings. The topological polar surface area (TPSA) is 86.8 Å². The molecular weight excluding hydrogens is 593 g/mol. The summed E-state index contributed by atoms with van der Waals surface area (Å²) < 4.78 is 28.8. The van der Waals surface area contributed by atoms with E-state index in [-0.39, 0.29) is 45.5 Å². The Morgan fingerprint density at radius 1 is 0.900 bits per heavy atom. The van der Waals surface area contributed by atoms with E-state index in [0.29, 0.717) is 10.6 Å². The number of benzene rings is 3. The minimum atomic E-state index is -4.28. The summed E-state index contributed by atoms with van der Waals surface area (Å²) in [5.41, 5.74) is 1.53. The highest BCUT2D eigenvalue weighted by atomic mass is 35.5. The summed E-state index contributed by atoms with van der Waals surface area (Å²) in [6, 6.07) is 16.8. The number of amides is 2. The molecule has 3 aromatic carbocycles. The number of sulfonamides is 1. The maximum absolute atomic E-state index is 14.1. The van der Waals surface area contributed by atoms with E-state index in [1.807, 2.05) is 20.8 Å². The minimum Gasteiger partial charge on any atom is -0.352 e. The highest BCUT2D eigenvalue weighted by Crippen LogP contribution is 2.35. The fourth-order valence-electron chi connectivity index (χ4n) is 4.15. The van der Waals surface area contributed by atoms with Crippen LogP contribution in [0.15, 0.2) is 71.6 Å². The van der Waals surface area contributed by atoms with Crippen LogP contribution in [0.5, 0.6) is 0 Å². The van der Waals surface area contributed by atoms with Crippen LogP contribution in [-0.4, -0.2) is 43.8 Å². The summed E-state index contributed by atoms with van der Waals surface area (Å²) in [5.74, 6) is -0.968. The maximum atomic E-state index is 14.1. The monoisotopic (exact) mass is 623 g/mol. The molecule has 0 aromatic heterocycles. The summed E-state index contributed by atoms with van der Waals surface area (Å²) in [5, 5.41) is 3.39. The van der Waals surface area contributed by atoms with Crippen molar-refractivity contribution < 1.29 is 18.0 Å². The summed E-state index contributed by atoms with van der Waals surface area (Å²) >= 11 is 19.1. The molecule has 1 N–H and O–H groups in total. The minimum absolute atomic E-state index is 0.00970. The summed E-state index contributed by atoms with van der Waals surface area (Å²) in [6.07, 6.45) is 0.289. The SMILES string of the molecule is CCC(C(=O)NC(C)C)N(Cc1ccccc1Cl)C(=O)CN(c1cccc(Cl)c1Cl)S(=O)(=O)c1ccc(C)cc1. The normalized spacial score (nSPS) is 12.2. The van der Waals surface area contributed by atoms with Crippen molar-refractivity contribution in [3.05, 3.63) is 92.9 Å². The molecule has 40 heavy (non-hydrogen) atoms. The van der Waals surface area contributed by atoms with Gasteiger partial charge in [0.25, 0.3) is 10.0 Å². The predicted molar refractivity (Wildman–Crippen MR) is 162 cm³/mol. The van der Waals surface area contributed by atoms with Crippen molar-refractivity contribution >= 4 is 62.3 Å². The van der Waals surface area contributed by atoms with Gasteiger partial charge in [0.2, 0.25) is 11.8 Å². The van der Waals surface area contributed by atoms with Crippen molar-refractivity contribution in [3.8, 4) is 0 Å². The van der Waals surface area contributed by atoms with E-state index in [0.717, 1.165) is 9.87 Å². The third-order valence-electron chi connectivity index (χ3n) is 6.20. The van der Waals surface area contributed by atoms with Crippen LogP contribution in [-0.2, 0) is 26.2 Å². The van der Waals surface area contributed by atoms with Crippen LogP contribution >= 0.6 is 34.8 Å². The molecular formula is C29H32Cl3N3O4S. The van der Waals surface area contributed by atoms with Gasteiger partial charge in [-0.2, -0.15) is 0 Å². The van der Waals surface area contributed by atoms with Gasteiger partial charge in [0.05, 0.1) is 20.6 Å². The number of rotatable bonds is 11. The van der Waals surface area contributed by atoms with E-state index in [4.69, 9.17) is 34.8 Å². The van der Waals surface area contributed by atoms with Crippen molar-refractivity contribution in [1.82, 2.24) is 10.2 Å². The molecule has 11 heteroatoms. The summed E-state index contributed by atoms with van der Waals surface area (Å²) in [6.45, 7) is 6.62. The Morgan fingerprint density at radius 2 is 1.52 bits per heavy atom. The van der Waals surface area contributed by atoms with Gasteiger partial charge >= 0.3 is 0 Å². The molecule has 0 saturated heterocycles. The second-order valence-electron chi connectivity index (χ2n) is 9.60. The number of nitrogens with zero attached hydrogens (tertiary/aromatic N) is 2. The number of anilines is 1. The fraction of sp³-hybridized carbons (Fsp3) is 0.310. The molecule has 1 atom stereocenters. The second kappa shape index (κ2) is 13.7. The third kappa shape index (κ3) is 7.49. The third-order valence-corrected chi connectivity index (χ3v) is 9.15. The Labute approximate surface area is 251 Å². The number of carbonyl (C=O) groups excluding carboxylic acids is 2. The molecule has 3 rings (SSSR count). The van der Waals surface area contributed by atoms with Gasteiger partial charge in [0.1, 0.15) is 12.6 Å². The van der Waals surface area contributed by atoms with E-state index < -0.39 is 28.5 Å². The largest absolute Gasteiger partial charge is 0.352 e. The zero-order valence-electron chi connectivity index (χ0n) is 22.7. The molecule has 7 nitrogen and oxygen atoms in total. The van der Waals surface area contributed by atoms with Crippen molar-refractivity contribution in [1.29, 1.82) is 0 Å². The lowest BCUT2D eigenvalue weighted by Gasteiger charge is -2.34. The summed E-state index contributed by atoms with van der Waals surface area (Å²) in [7, 11) is -4.28. The molecule has 0 saturated carbocycles. The van der Waals surface area contributed by atoms with Gasteiger partial charge in [-0.15, -0.1) is 0 Å². The van der Waals surface area contributed by atoms with E-state index in [2.05, 4.69) is 5.32 Å². The van der Waals surface area contributed by atoms with Crippen molar-refractivity contribution in [3.63, 3.8) is 0 Å². The first-order chi connectivity index (χ1) is 18.9. The van der Waals surface area contributed by atoms with E-state index in [9.17, 15) is 18.0 Å². The van der Waals surface area contributed by atoms with Crippen LogP contribution in [0.4, 0.5) is 5.69 Å². The van der Waals surface area contributed by atoms with Crippen LogP contribution in [0.25, 0.3) is 0 Å². The first kappa shape index (κ1) is 31.7. The zero-order chi connectivity index (χ0) is 29.6. The van der Waals surface area contributed by atoms with Crippen molar-refractivity contribution in [2.24, 2.45) is 0 Å². The Balaban J connectivity index is 2.12. The second-order valence-corrected chi connectivity index (χ2v) is 12.7. The predicted octanol–water partition coefficient (Wildman–Crippen LogP) is 6.48. The van der Waals surface area contributed by atoms with Crippen LogP contribution in [0, 0.1) is 6.92 Å². The molecule has 0 aliphatic carbocycles. The van der Waals surface area contributed by atoms with Crippen molar-refractivity contribution in [2.75, 3.05) is 10.8 Å². The number of nitrogens with one attached hydrogen (secondary N) is 1. The Bertz CT molecular complexity index is 1460. The van der Waals surface area contributed by atoms with Gasteiger partial charge in [-0.1, -0.05) is 83.7 Å². The highest BCUT2D eigenvalue weighted by Gasteiger charge is 2.35. The Hall–Kier alpha value is -2.78. The first-order valence-electron chi connectivity index (χ1n) is 12.7. The molecule has 0 aliphatic rings. The van der Waals surface area contributed by atoms with Crippen LogP contribution < -0.4 is 9.62 Å². The molecule has 1 unspecified atom stereocenters. The van der Waals surface area contributed by atoms with Gasteiger partial charge in [-0.05, 0) is 63.1 Å². The number of aryl methyl sites for hydroxylation is 1. The standard InChI is InChI=1S/C29H32Cl3N3O4S/c1-5-25(29(37)33-19(2)3)34(17-21-9-6-7-10-23(21)30)27(36)18-35(26-12-8-11-24(31)28(26)32)40(38,39)22-15-13-20(4)14-16-22/h6-16,19,25H,5,17-18H2,1-4H3,(H,33,37). The van der Waals surface area contributed by atoms with E-state index in [1.165, 1.54) is 29.2 Å². The maximum Gasteiger partial charge on any atom is 0.264 e. The quantitative estimate of drug-likeness (QED) is 0.265. The Morgan fingerprint density at radius 3 is 2.12 bits per heavy atom. The average Bonchev–Trinajstić information content (AvgIpc) is 2.89. The Kier molecular flexibility index (Phi) is 10.9. The van der Waals surface area contributed by atoms with Gasteiger partial charge in [0.15, 0.2) is 0 Å². The van der Waals surface area contributed by atoms with Gasteiger partial charge in [-0.3, -0.25) is 13.9 Å². The van der Waals surface area contributed by atoms with Crippen LogP contribution in [0.3, 0.4) is 0 Å². The summed E-state index contributed by atoms with van der Waals surface area (Å²) in [4.78, 5) is 28.6. The van der Waals surface area contributed by atoms with Crippen LogP contribution in [0.1, 0.15) is 38.3 Å². The smallest absolute Gasteiger partial charge is 0.264 e. The van der Waals surface area contributed by atoms with Crippen LogP contribution in [0.2, 0.25) is 15.1 Å². The van der Waals surface area contributed by atoms with E-state index >= 15 is 0 Å². The molecule has 0 spiro atoms. The van der Waals surface area contributed by atoms with Crippen molar-refractivity contribution in [2.45, 2.75) is 57.6 Å². The number of carbonyl (C=O) groups is 2. The molecule has 0 fully saturated rings. The number of hydrogen-bond acceptors (Lipinski definition) is 4. The van der Waals surface area contributed by atoms with Gasteiger partial charge in [-0.25, -0.2) is 8.42 Å². The number of hydrogen-bond donors (Lipinski definition) is 1. The molecule has 0 aliphatic heterocycles. The van der Waals surface area contributed by atoms with E-state index in [1.54, 1.807) is 49.4 Å². The fourth-order valence-corrected chi connectivity index (χ4v) is 6.22. The molecule has 2 amide bonds. The first-order valence-corrected chi connectivity index (χ1v) is 15.3. The van der Waals surface area contributed by atoms with Gasteiger partial charge in [0, 0.05) is 17.6 Å². The lowest BCUT2D eigenvalue weighted by atomic mass is 10.1. The number of halogens is 3. The van der Waals surface area contributed by atoms with Gasteiger partial charge < -0.3 is 10.2 Å². The highest BCUT2D eigenvalue weighted by molar-refractivity contribution is 7.92. The molecule has 214 valence electrons.